The molecule has 0 aliphatic carbocycles. The molecule has 3 rings (SSSR count). The number of benzene rings is 1. The highest BCUT2D eigenvalue weighted by atomic mass is 16.8. The zero-order valence-electron chi connectivity index (χ0n) is 22.1. The van der Waals surface area contributed by atoms with Gasteiger partial charge in [0, 0.05) is 0 Å². The van der Waals surface area contributed by atoms with Gasteiger partial charge >= 0.3 is 6.09 Å². The lowest BCUT2D eigenvalue weighted by molar-refractivity contribution is -0.240. The van der Waals surface area contributed by atoms with Gasteiger partial charge in [0.05, 0.1) is 19.3 Å². The molecule has 10 heteroatoms. The van der Waals surface area contributed by atoms with Crippen LogP contribution in [0.25, 0.3) is 0 Å². The van der Waals surface area contributed by atoms with E-state index in [1.165, 1.54) is 0 Å². The van der Waals surface area contributed by atoms with Crippen molar-refractivity contribution in [3.8, 4) is 0 Å². The predicted molar refractivity (Wildman–Crippen MR) is 131 cm³/mol. The normalized spacial score (nSPS) is 26.8. The highest BCUT2D eigenvalue weighted by Crippen LogP contribution is 2.40. The second-order valence-electron chi connectivity index (χ2n) is 11.0. The van der Waals surface area contributed by atoms with Crippen molar-refractivity contribution in [1.82, 2.24) is 10.6 Å². The van der Waals surface area contributed by atoms with E-state index < -0.39 is 66.7 Å². The summed E-state index contributed by atoms with van der Waals surface area (Å²) in [5, 5.41) is 15.6. The Balaban J connectivity index is 1.70. The molecule has 2 amide bonds. The zero-order valence-corrected chi connectivity index (χ0v) is 22.1. The van der Waals surface area contributed by atoms with E-state index in [-0.39, 0.29) is 5.92 Å². The summed E-state index contributed by atoms with van der Waals surface area (Å²) in [7, 11) is 0. The maximum Gasteiger partial charge on any atom is 0.408 e. The van der Waals surface area contributed by atoms with Crippen molar-refractivity contribution in [2.45, 2.75) is 103 Å². The van der Waals surface area contributed by atoms with Crippen LogP contribution in [0.4, 0.5) is 4.79 Å². The van der Waals surface area contributed by atoms with E-state index in [1.807, 2.05) is 44.2 Å². The molecule has 0 spiro atoms. The molecule has 10 nitrogen and oxygen atoms in total. The van der Waals surface area contributed by atoms with Crippen molar-refractivity contribution in [2.75, 3.05) is 6.61 Å². The van der Waals surface area contributed by atoms with Gasteiger partial charge < -0.3 is 39.4 Å². The molecule has 2 aliphatic heterocycles. The summed E-state index contributed by atoms with van der Waals surface area (Å²) in [5.74, 6) is -1.59. The molecule has 2 fully saturated rings. The maximum atomic E-state index is 13.2. The van der Waals surface area contributed by atoms with E-state index in [9.17, 15) is 14.7 Å². The second kappa shape index (κ2) is 11.4. The summed E-state index contributed by atoms with van der Waals surface area (Å²) in [4.78, 5) is 25.5. The van der Waals surface area contributed by atoms with Gasteiger partial charge in [-0.3, -0.25) is 4.79 Å². The zero-order chi connectivity index (χ0) is 26.7. The highest BCUT2D eigenvalue weighted by Gasteiger charge is 2.58. The fourth-order valence-electron chi connectivity index (χ4n) is 4.28. The Kier molecular flexibility index (Phi) is 9.00. The van der Waals surface area contributed by atoms with Gasteiger partial charge in [-0.15, -0.1) is 0 Å². The number of rotatable bonds is 9. The van der Waals surface area contributed by atoms with Crippen LogP contribution in [0.15, 0.2) is 30.3 Å². The molecule has 1 aromatic rings. The van der Waals surface area contributed by atoms with Crippen molar-refractivity contribution in [3.05, 3.63) is 35.9 Å². The summed E-state index contributed by atoms with van der Waals surface area (Å²) in [6, 6.07) is 7.95. The summed E-state index contributed by atoms with van der Waals surface area (Å²) in [6.07, 6.45) is -3.30. The van der Waals surface area contributed by atoms with Crippen LogP contribution >= 0.6 is 0 Å². The molecule has 202 valence electrons. The Hall–Kier alpha value is -2.24. The van der Waals surface area contributed by atoms with E-state index in [2.05, 4.69) is 10.6 Å². The van der Waals surface area contributed by atoms with E-state index in [0.29, 0.717) is 6.61 Å². The topological polar surface area (TPSA) is 125 Å². The van der Waals surface area contributed by atoms with Gasteiger partial charge in [-0.25, -0.2) is 4.79 Å². The Labute approximate surface area is 213 Å². The maximum absolute atomic E-state index is 13.2. The number of carbonyl (C=O) groups is 2. The van der Waals surface area contributed by atoms with Gasteiger partial charge in [-0.05, 0) is 46.1 Å². The van der Waals surface area contributed by atoms with Crippen LogP contribution in [0.1, 0.15) is 54.0 Å². The molecule has 2 saturated heterocycles. The number of aliphatic hydroxyl groups excluding tert-OH is 1. The number of amides is 2. The van der Waals surface area contributed by atoms with Crippen LogP contribution in [0.3, 0.4) is 0 Å². The van der Waals surface area contributed by atoms with Crippen LogP contribution in [-0.2, 0) is 35.1 Å². The van der Waals surface area contributed by atoms with Crippen molar-refractivity contribution >= 4 is 12.0 Å². The SMILES string of the molecule is CC(C)[C@H](NC(=O)OC(C)(C)C)C(=O)N[C@H](CO)[C@H]1O[C@H](OCc2ccccc2)[C@H]2OC(C)(C)O[C@H]21. The molecule has 1 aromatic carbocycles. The molecule has 2 heterocycles. The number of hydrogen-bond donors (Lipinski definition) is 3. The molecular weight excluding hydrogens is 468 g/mol. The number of carbonyl (C=O) groups excluding carboxylic acids is 2. The third-order valence-corrected chi connectivity index (χ3v) is 5.85. The van der Waals surface area contributed by atoms with Crippen LogP contribution in [-0.4, -0.2) is 71.8 Å². The smallest absolute Gasteiger partial charge is 0.408 e. The monoisotopic (exact) mass is 508 g/mol. The molecule has 0 radical (unpaired) electrons. The summed E-state index contributed by atoms with van der Waals surface area (Å²) < 4.78 is 29.6. The minimum atomic E-state index is -0.881. The first-order chi connectivity index (χ1) is 16.8. The lowest BCUT2D eigenvalue weighted by atomic mass is 10.0. The van der Waals surface area contributed by atoms with Crippen LogP contribution in [0, 0.1) is 5.92 Å². The number of hydrogen-bond acceptors (Lipinski definition) is 8. The Morgan fingerprint density at radius 2 is 1.72 bits per heavy atom. The summed E-state index contributed by atoms with van der Waals surface area (Å²) >= 11 is 0. The van der Waals surface area contributed by atoms with E-state index in [0.717, 1.165) is 5.56 Å². The third kappa shape index (κ3) is 7.39. The Bertz CT molecular complexity index is 886. The van der Waals surface area contributed by atoms with Gasteiger partial charge in [-0.1, -0.05) is 44.2 Å². The average molecular weight is 509 g/mol. The third-order valence-electron chi connectivity index (χ3n) is 5.85. The van der Waals surface area contributed by atoms with Gasteiger partial charge in [0.1, 0.15) is 30.0 Å². The summed E-state index contributed by atoms with van der Waals surface area (Å²) in [6.45, 7) is 12.3. The number of fused-ring (bicyclic) bond motifs is 1. The minimum absolute atomic E-state index is 0.235. The lowest BCUT2D eigenvalue weighted by Crippen LogP contribution is -2.57. The molecule has 2 aliphatic rings. The second-order valence-corrected chi connectivity index (χ2v) is 11.0. The fraction of sp³-hybridized carbons (Fsp3) is 0.692. The average Bonchev–Trinajstić information content (AvgIpc) is 3.26. The van der Waals surface area contributed by atoms with Crippen molar-refractivity contribution in [3.63, 3.8) is 0 Å². The van der Waals surface area contributed by atoms with Crippen LogP contribution < -0.4 is 10.6 Å². The predicted octanol–water partition coefficient (Wildman–Crippen LogP) is 2.47. The minimum Gasteiger partial charge on any atom is -0.444 e. The van der Waals surface area contributed by atoms with Crippen molar-refractivity contribution in [1.29, 1.82) is 0 Å². The fourth-order valence-corrected chi connectivity index (χ4v) is 4.28. The first kappa shape index (κ1) is 28.3. The largest absolute Gasteiger partial charge is 0.444 e. The Morgan fingerprint density at radius 3 is 2.31 bits per heavy atom. The van der Waals surface area contributed by atoms with Gasteiger partial charge in [-0.2, -0.15) is 0 Å². The highest BCUT2D eigenvalue weighted by molar-refractivity contribution is 5.86. The van der Waals surface area contributed by atoms with Gasteiger partial charge in [0.2, 0.25) is 5.91 Å². The van der Waals surface area contributed by atoms with Gasteiger partial charge in [0.15, 0.2) is 12.1 Å². The molecular formula is C26H40N2O8. The molecule has 6 atom stereocenters. The molecule has 3 N–H and O–H groups in total. The molecule has 0 saturated carbocycles. The van der Waals surface area contributed by atoms with Crippen LogP contribution in [0.5, 0.6) is 0 Å². The van der Waals surface area contributed by atoms with E-state index >= 15 is 0 Å². The van der Waals surface area contributed by atoms with Crippen LogP contribution in [0.2, 0.25) is 0 Å². The standard InChI is InChI=1S/C26H40N2O8/c1-15(2)18(28-24(31)36-25(3,4)5)22(30)27-17(13-29)19-20-21(35-26(6,7)34-20)23(33-19)32-14-16-11-9-8-10-12-16/h8-12,15,17-21,23,29H,13-14H2,1-7H3,(H,27,30)(H,28,31)/t17-,18+,19-,20+,21+,23+/m1/s1. The molecule has 36 heavy (non-hydrogen) atoms. The van der Waals surface area contributed by atoms with E-state index in [1.54, 1.807) is 34.6 Å². The van der Waals surface area contributed by atoms with Gasteiger partial charge in [0.25, 0.3) is 0 Å². The number of ether oxygens (including phenoxy) is 5. The first-order valence-electron chi connectivity index (χ1n) is 12.4. The Morgan fingerprint density at radius 1 is 1.08 bits per heavy atom. The number of alkyl carbamates (subject to hydrolysis) is 1. The van der Waals surface area contributed by atoms with Crippen molar-refractivity contribution in [2.24, 2.45) is 5.92 Å². The molecule has 0 unspecified atom stereocenters. The quantitative estimate of drug-likeness (QED) is 0.465. The first-order valence-corrected chi connectivity index (χ1v) is 12.4. The lowest BCUT2D eigenvalue weighted by Gasteiger charge is -2.31. The summed E-state index contributed by atoms with van der Waals surface area (Å²) in [5.41, 5.74) is 0.267. The molecule has 0 aromatic heterocycles. The van der Waals surface area contributed by atoms with Crippen molar-refractivity contribution < 1.29 is 38.4 Å². The number of aliphatic hydroxyl groups is 1. The van der Waals surface area contributed by atoms with E-state index in [4.69, 9.17) is 23.7 Å². The number of nitrogens with one attached hydrogen (secondary N) is 2. The molecule has 0 bridgehead atoms.